The predicted octanol–water partition coefficient (Wildman–Crippen LogP) is 2.67. The van der Waals surface area contributed by atoms with E-state index in [-0.39, 0.29) is 11.0 Å². The summed E-state index contributed by atoms with van der Waals surface area (Å²) in [4.78, 5) is 7.42. The highest BCUT2D eigenvalue weighted by molar-refractivity contribution is 7.99. The summed E-state index contributed by atoms with van der Waals surface area (Å²) in [6, 6.07) is 0.946. The summed E-state index contributed by atoms with van der Waals surface area (Å²) in [6.45, 7) is 2.68. The Morgan fingerprint density at radius 2 is 2.11 bits per heavy atom. The third-order valence-electron chi connectivity index (χ3n) is 1.87. The second-order valence-corrected chi connectivity index (χ2v) is 4.40. The van der Waals surface area contributed by atoms with Gasteiger partial charge in [0.25, 0.3) is 0 Å². The molecule has 18 heavy (non-hydrogen) atoms. The molecule has 1 heterocycles. The number of halogens is 3. The largest absolute Gasteiger partial charge is 0.433 e. The number of hydrogen-bond donors (Lipinski definition) is 1. The van der Waals surface area contributed by atoms with Crippen molar-refractivity contribution in [3.05, 3.63) is 11.8 Å². The van der Waals surface area contributed by atoms with Crippen molar-refractivity contribution in [1.82, 2.24) is 9.97 Å². The fourth-order valence-electron chi connectivity index (χ4n) is 1.11. The Labute approximate surface area is 107 Å². The van der Waals surface area contributed by atoms with Gasteiger partial charge in [0, 0.05) is 25.5 Å². The van der Waals surface area contributed by atoms with Crippen molar-refractivity contribution < 1.29 is 17.9 Å². The van der Waals surface area contributed by atoms with Gasteiger partial charge in [0.15, 0.2) is 5.69 Å². The molecule has 0 amide bonds. The van der Waals surface area contributed by atoms with Crippen molar-refractivity contribution >= 4 is 17.7 Å². The smallest absolute Gasteiger partial charge is 0.384 e. The monoisotopic (exact) mass is 281 g/mol. The third-order valence-corrected chi connectivity index (χ3v) is 2.74. The molecular weight excluding hydrogens is 267 g/mol. The third kappa shape index (κ3) is 4.69. The molecule has 0 saturated carbocycles. The maximum atomic E-state index is 12.6. The number of ether oxygens (including phenoxy) is 1. The molecule has 0 atom stereocenters. The first kappa shape index (κ1) is 15.0. The molecule has 102 valence electrons. The van der Waals surface area contributed by atoms with Crippen LogP contribution in [0.1, 0.15) is 12.6 Å². The number of aromatic nitrogens is 2. The molecule has 0 unspecified atom stereocenters. The van der Waals surface area contributed by atoms with Crippen LogP contribution in [-0.4, -0.2) is 36.0 Å². The van der Waals surface area contributed by atoms with Crippen molar-refractivity contribution in [2.75, 3.05) is 31.3 Å². The highest BCUT2D eigenvalue weighted by atomic mass is 32.2. The lowest BCUT2D eigenvalue weighted by Gasteiger charge is -2.10. The van der Waals surface area contributed by atoms with Crippen molar-refractivity contribution in [2.24, 2.45) is 0 Å². The van der Waals surface area contributed by atoms with Crippen molar-refractivity contribution in [2.45, 2.75) is 18.1 Å². The van der Waals surface area contributed by atoms with Crippen LogP contribution >= 0.6 is 11.8 Å². The molecule has 0 aromatic carbocycles. The first-order valence-corrected chi connectivity index (χ1v) is 6.27. The summed E-state index contributed by atoms with van der Waals surface area (Å²) in [7, 11) is 1.53. The van der Waals surface area contributed by atoms with Gasteiger partial charge in [0.05, 0.1) is 6.61 Å². The minimum atomic E-state index is -4.47. The quantitative estimate of drug-likeness (QED) is 0.493. The Morgan fingerprint density at radius 1 is 1.39 bits per heavy atom. The molecule has 4 nitrogen and oxygen atoms in total. The van der Waals surface area contributed by atoms with Gasteiger partial charge in [0.1, 0.15) is 5.03 Å². The number of methoxy groups -OCH3 is 1. The number of hydrogen-bond acceptors (Lipinski definition) is 5. The van der Waals surface area contributed by atoms with E-state index in [2.05, 4.69) is 15.3 Å². The zero-order valence-electron chi connectivity index (χ0n) is 10.0. The van der Waals surface area contributed by atoms with Crippen LogP contribution in [0.4, 0.5) is 19.1 Å². The second kappa shape index (κ2) is 6.79. The number of thioether (sulfide) groups is 1. The van der Waals surface area contributed by atoms with Gasteiger partial charge in [-0.25, -0.2) is 9.97 Å². The number of nitrogens with one attached hydrogen (secondary N) is 1. The number of alkyl halides is 3. The van der Waals surface area contributed by atoms with Crippen molar-refractivity contribution in [3.63, 3.8) is 0 Å². The van der Waals surface area contributed by atoms with Gasteiger partial charge in [-0.05, 0) is 6.92 Å². The molecule has 8 heteroatoms. The van der Waals surface area contributed by atoms with Crippen molar-refractivity contribution in [1.29, 1.82) is 0 Å². The van der Waals surface area contributed by atoms with E-state index in [1.165, 1.54) is 18.9 Å². The van der Waals surface area contributed by atoms with Crippen LogP contribution in [0.15, 0.2) is 11.1 Å². The fraction of sp³-hybridized carbons (Fsp3) is 0.600. The lowest BCUT2D eigenvalue weighted by Crippen LogP contribution is -2.12. The molecule has 0 bridgehead atoms. The number of anilines is 1. The van der Waals surface area contributed by atoms with E-state index in [4.69, 9.17) is 4.74 Å². The first-order chi connectivity index (χ1) is 8.47. The highest BCUT2D eigenvalue weighted by Gasteiger charge is 2.33. The maximum absolute atomic E-state index is 12.6. The molecule has 0 aliphatic rings. The summed E-state index contributed by atoms with van der Waals surface area (Å²) in [5.74, 6) is 0.531. The van der Waals surface area contributed by atoms with Gasteiger partial charge in [-0.2, -0.15) is 13.2 Å². The summed E-state index contributed by atoms with van der Waals surface area (Å²) >= 11 is 1.20. The second-order valence-electron chi connectivity index (χ2n) is 3.28. The van der Waals surface area contributed by atoms with Crippen LogP contribution < -0.4 is 5.32 Å². The Kier molecular flexibility index (Phi) is 5.67. The molecular formula is C10H14F3N3OS. The van der Waals surface area contributed by atoms with E-state index in [1.54, 1.807) is 6.92 Å². The molecule has 0 aliphatic heterocycles. The highest BCUT2D eigenvalue weighted by Crippen LogP contribution is 2.30. The normalized spacial score (nSPS) is 11.6. The van der Waals surface area contributed by atoms with E-state index in [0.717, 1.165) is 6.07 Å². The van der Waals surface area contributed by atoms with Crippen LogP contribution in [-0.2, 0) is 10.9 Å². The SMILES string of the molecule is CCNc1nc(SCCOC)cc(C(F)(F)F)n1. The Balaban J connectivity index is 2.91. The molecule has 1 aromatic heterocycles. The molecule has 1 rings (SSSR count). The minimum absolute atomic E-state index is 0.00718. The Hall–Kier alpha value is -1.02. The topological polar surface area (TPSA) is 47.0 Å². The van der Waals surface area contributed by atoms with Gasteiger partial charge < -0.3 is 10.1 Å². The lowest BCUT2D eigenvalue weighted by atomic mass is 10.4. The van der Waals surface area contributed by atoms with Gasteiger partial charge in [0.2, 0.25) is 5.95 Å². The molecule has 0 saturated heterocycles. The van der Waals surface area contributed by atoms with Gasteiger partial charge in [-0.3, -0.25) is 0 Å². The lowest BCUT2D eigenvalue weighted by molar-refractivity contribution is -0.141. The minimum Gasteiger partial charge on any atom is -0.384 e. The van der Waals surface area contributed by atoms with Crippen LogP contribution in [0, 0.1) is 0 Å². The van der Waals surface area contributed by atoms with Crippen LogP contribution in [0.25, 0.3) is 0 Å². The zero-order valence-corrected chi connectivity index (χ0v) is 10.9. The Bertz CT molecular complexity index is 387. The number of nitrogens with zero attached hydrogens (tertiary/aromatic N) is 2. The van der Waals surface area contributed by atoms with Gasteiger partial charge >= 0.3 is 6.18 Å². The zero-order chi connectivity index (χ0) is 13.6. The van der Waals surface area contributed by atoms with E-state index >= 15 is 0 Å². The standard InChI is InChI=1S/C10H14F3N3OS/c1-3-14-9-15-7(10(11,12)13)6-8(16-9)18-5-4-17-2/h6H,3-5H2,1-2H3,(H,14,15,16). The average Bonchev–Trinajstić information content (AvgIpc) is 2.28. The van der Waals surface area contributed by atoms with E-state index in [9.17, 15) is 13.2 Å². The average molecular weight is 281 g/mol. The molecule has 0 fully saturated rings. The summed E-state index contributed by atoms with van der Waals surface area (Å²) in [5.41, 5.74) is -0.937. The number of rotatable bonds is 6. The van der Waals surface area contributed by atoms with E-state index < -0.39 is 11.9 Å². The Morgan fingerprint density at radius 3 is 2.67 bits per heavy atom. The molecule has 0 aliphatic carbocycles. The van der Waals surface area contributed by atoms with Gasteiger partial charge in [-0.1, -0.05) is 0 Å². The summed E-state index contributed by atoms with van der Waals surface area (Å²) in [6.07, 6.45) is -4.47. The van der Waals surface area contributed by atoms with Crippen LogP contribution in [0.3, 0.4) is 0 Å². The predicted molar refractivity (Wildman–Crippen MR) is 63.8 cm³/mol. The fourth-order valence-corrected chi connectivity index (χ4v) is 1.92. The van der Waals surface area contributed by atoms with Crippen molar-refractivity contribution in [3.8, 4) is 0 Å². The molecule has 1 aromatic rings. The summed E-state index contributed by atoms with van der Waals surface area (Å²) in [5, 5.41) is 2.97. The van der Waals surface area contributed by atoms with Crippen LogP contribution in [0.5, 0.6) is 0 Å². The molecule has 0 spiro atoms. The molecule has 1 N–H and O–H groups in total. The van der Waals surface area contributed by atoms with Crippen LogP contribution in [0.2, 0.25) is 0 Å². The van der Waals surface area contributed by atoms with Gasteiger partial charge in [-0.15, -0.1) is 11.8 Å². The first-order valence-electron chi connectivity index (χ1n) is 5.29. The summed E-state index contributed by atoms with van der Waals surface area (Å²) < 4.78 is 42.7. The maximum Gasteiger partial charge on any atom is 0.433 e. The van der Waals surface area contributed by atoms with E-state index in [0.29, 0.717) is 18.9 Å². The van der Waals surface area contributed by atoms with E-state index in [1.807, 2.05) is 0 Å². The molecule has 0 radical (unpaired) electrons.